The molecule has 9 heteroatoms. The third-order valence-corrected chi connectivity index (χ3v) is 5.27. The van der Waals surface area contributed by atoms with Crippen LogP contribution in [0.5, 0.6) is 0 Å². The molecule has 1 aliphatic rings. The minimum atomic E-state index is -0.708. The van der Waals surface area contributed by atoms with Gasteiger partial charge in [-0.2, -0.15) is 0 Å². The van der Waals surface area contributed by atoms with Gasteiger partial charge < -0.3 is 20.4 Å². The first-order chi connectivity index (χ1) is 13.4. The molecule has 1 aromatic carbocycles. The normalized spacial score (nSPS) is 15.7. The largest absolute Gasteiger partial charge is 0.348 e. The van der Waals surface area contributed by atoms with Crippen LogP contribution in [0.3, 0.4) is 0 Å². The van der Waals surface area contributed by atoms with Crippen molar-refractivity contribution in [3.05, 3.63) is 28.7 Å². The van der Waals surface area contributed by atoms with Crippen LogP contribution in [-0.2, 0) is 23.7 Å². The number of rotatable bonds is 5. The van der Waals surface area contributed by atoms with Crippen molar-refractivity contribution in [2.75, 3.05) is 51.6 Å². The number of carbonyl (C=O) groups is 2. The van der Waals surface area contributed by atoms with Gasteiger partial charge in [-0.3, -0.25) is 18.7 Å². The lowest BCUT2D eigenvalue weighted by Gasteiger charge is -2.32. The Kier molecular flexibility index (Phi) is 6.15. The van der Waals surface area contributed by atoms with E-state index >= 15 is 0 Å². The van der Waals surface area contributed by atoms with E-state index in [1.165, 1.54) is 9.13 Å². The van der Waals surface area contributed by atoms with E-state index in [0.717, 1.165) is 44.7 Å². The fourth-order valence-electron chi connectivity index (χ4n) is 3.43. The highest BCUT2D eigenvalue weighted by Gasteiger charge is 2.16. The average Bonchev–Trinajstić information content (AvgIpc) is 2.90. The van der Waals surface area contributed by atoms with Gasteiger partial charge in [-0.1, -0.05) is 0 Å². The maximum Gasteiger partial charge on any atom is 0.328 e. The summed E-state index contributed by atoms with van der Waals surface area (Å²) in [6.45, 7) is 5.57. The summed E-state index contributed by atoms with van der Waals surface area (Å²) in [5, 5.41) is 5.26. The molecule has 1 fully saturated rings. The summed E-state index contributed by atoms with van der Waals surface area (Å²) >= 11 is 0. The third kappa shape index (κ3) is 4.42. The quantitative estimate of drug-likeness (QED) is 0.536. The average molecular weight is 388 g/mol. The zero-order valence-corrected chi connectivity index (χ0v) is 16.7. The van der Waals surface area contributed by atoms with Crippen LogP contribution in [0, 0.1) is 0 Å². The summed E-state index contributed by atoms with van der Waals surface area (Å²) in [4.78, 5) is 40.8. The molecule has 1 aromatic heterocycles. The van der Waals surface area contributed by atoms with E-state index in [-0.39, 0.29) is 5.69 Å². The van der Waals surface area contributed by atoms with Gasteiger partial charge in [0.1, 0.15) is 0 Å². The summed E-state index contributed by atoms with van der Waals surface area (Å²) in [6.07, 6.45) is 0.806. The van der Waals surface area contributed by atoms with Crippen LogP contribution in [0.2, 0.25) is 0 Å². The predicted molar refractivity (Wildman–Crippen MR) is 108 cm³/mol. The molecule has 2 aromatic rings. The molecule has 1 saturated heterocycles. The number of likely N-dealkylation sites (N-methyl/N-ethyl adjacent to an activating group) is 1. The molecule has 3 rings (SSSR count). The zero-order chi connectivity index (χ0) is 20.3. The molecule has 28 heavy (non-hydrogen) atoms. The molecule has 9 nitrogen and oxygen atoms in total. The second kappa shape index (κ2) is 8.57. The number of carbonyl (C=O) groups excluding carboxylic acids is 2. The Labute approximate surface area is 163 Å². The van der Waals surface area contributed by atoms with Gasteiger partial charge in [0, 0.05) is 52.5 Å². The lowest BCUT2D eigenvalue weighted by molar-refractivity contribution is -0.136. The first kappa shape index (κ1) is 20.1. The summed E-state index contributed by atoms with van der Waals surface area (Å²) in [6, 6.07) is 5.12. The van der Waals surface area contributed by atoms with E-state index in [4.69, 9.17) is 0 Å². The van der Waals surface area contributed by atoms with Crippen molar-refractivity contribution >= 4 is 28.5 Å². The summed E-state index contributed by atoms with van der Waals surface area (Å²) in [5.41, 5.74) is 1.79. The molecule has 0 spiro atoms. The van der Waals surface area contributed by atoms with Crippen molar-refractivity contribution in [2.24, 2.45) is 14.1 Å². The van der Waals surface area contributed by atoms with Crippen LogP contribution < -0.4 is 16.3 Å². The van der Waals surface area contributed by atoms with E-state index < -0.39 is 11.8 Å². The fourth-order valence-corrected chi connectivity index (χ4v) is 3.43. The van der Waals surface area contributed by atoms with Crippen molar-refractivity contribution < 1.29 is 9.59 Å². The Hall–Kier alpha value is -2.65. The Bertz CT molecular complexity index is 924. The molecular weight excluding hydrogens is 360 g/mol. The molecule has 0 aliphatic carbocycles. The fraction of sp³-hybridized carbons (Fsp3) is 0.526. The number of hydrogen-bond donors (Lipinski definition) is 2. The number of nitrogens with one attached hydrogen (secondary N) is 2. The summed E-state index contributed by atoms with van der Waals surface area (Å²) < 4.78 is 3.04. The maximum absolute atomic E-state index is 12.1. The number of aryl methyl sites for hydroxylation is 2. The second-order valence-electron chi connectivity index (χ2n) is 7.31. The Morgan fingerprint density at radius 3 is 2.36 bits per heavy atom. The van der Waals surface area contributed by atoms with Crippen molar-refractivity contribution in [1.82, 2.24) is 24.3 Å². The Balaban J connectivity index is 1.47. The topological polar surface area (TPSA) is 91.6 Å². The number of benzene rings is 1. The molecular formula is C19H28N6O3. The zero-order valence-electron chi connectivity index (χ0n) is 16.7. The lowest BCUT2D eigenvalue weighted by atomic mass is 10.2. The lowest BCUT2D eigenvalue weighted by Crippen LogP contribution is -2.45. The first-order valence-corrected chi connectivity index (χ1v) is 9.52. The first-order valence-electron chi connectivity index (χ1n) is 9.52. The molecule has 0 radical (unpaired) electrons. The highest BCUT2D eigenvalue weighted by molar-refractivity contribution is 6.39. The third-order valence-electron chi connectivity index (χ3n) is 5.27. The summed E-state index contributed by atoms with van der Waals surface area (Å²) in [5.74, 6) is -1.36. The van der Waals surface area contributed by atoms with Crippen molar-refractivity contribution in [2.45, 2.75) is 6.42 Å². The number of amides is 2. The van der Waals surface area contributed by atoms with Gasteiger partial charge in [0.15, 0.2) is 0 Å². The van der Waals surface area contributed by atoms with E-state index in [9.17, 15) is 14.4 Å². The molecule has 0 saturated carbocycles. The number of imidazole rings is 1. The van der Waals surface area contributed by atoms with Crippen LogP contribution in [0.15, 0.2) is 23.0 Å². The summed E-state index contributed by atoms with van der Waals surface area (Å²) in [7, 11) is 5.48. The Morgan fingerprint density at radius 2 is 1.64 bits per heavy atom. The maximum atomic E-state index is 12.1. The monoisotopic (exact) mass is 388 g/mol. The van der Waals surface area contributed by atoms with Crippen LogP contribution >= 0.6 is 0 Å². The molecule has 1 aliphatic heterocycles. The predicted octanol–water partition coefficient (Wildman–Crippen LogP) is -0.431. The highest BCUT2D eigenvalue weighted by Crippen LogP contribution is 2.17. The number of hydrogen-bond acceptors (Lipinski definition) is 5. The van der Waals surface area contributed by atoms with Crippen LogP contribution in [-0.4, -0.2) is 77.1 Å². The van der Waals surface area contributed by atoms with E-state index in [1.54, 1.807) is 32.3 Å². The highest BCUT2D eigenvalue weighted by atomic mass is 16.2. The van der Waals surface area contributed by atoms with Crippen molar-refractivity contribution in [3.8, 4) is 0 Å². The van der Waals surface area contributed by atoms with Crippen LogP contribution in [0.25, 0.3) is 11.0 Å². The minimum absolute atomic E-state index is 0.142. The molecule has 0 bridgehead atoms. The van der Waals surface area contributed by atoms with E-state index in [0.29, 0.717) is 17.7 Å². The van der Waals surface area contributed by atoms with Gasteiger partial charge in [0.25, 0.3) is 0 Å². The number of nitrogens with zero attached hydrogens (tertiary/aromatic N) is 4. The van der Waals surface area contributed by atoms with Crippen molar-refractivity contribution in [1.29, 1.82) is 0 Å². The van der Waals surface area contributed by atoms with Gasteiger partial charge in [0.2, 0.25) is 0 Å². The SMILES string of the molecule is CN1CCN(CCCNC(=O)C(=O)Nc2ccc3c(c2)n(C)c(=O)n3C)CC1. The molecule has 2 N–H and O–H groups in total. The molecule has 0 atom stereocenters. The molecule has 152 valence electrons. The minimum Gasteiger partial charge on any atom is -0.348 e. The Morgan fingerprint density at radius 1 is 0.964 bits per heavy atom. The van der Waals surface area contributed by atoms with Crippen molar-refractivity contribution in [3.63, 3.8) is 0 Å². The standard InChI is InChI=1S/C19H28N6O3/c1-22-9-11-25(12-10-22)8-4-7-20-17(26)18(27)21-14-5-6-15-16(13-14)24(3)19(28)23(15)2/h5-6,13H,4,7-12H2,1-3H3,(H,20,26)(H,21,27). The smallest absolute Gasteiger partial charge is 0.328 e. The van der Waals surface area contributed by atoms with Gasteiger partial charge in [-0.25, -0.2) is 4.79 Å². The van der Waals surface area contributed by atoms with Gasteiger partial charge in [0.05, 0.1) is 11.0 Å². The second-order valence-corrected chi connectivity index (χ2v) is 7.31. The number of aromatic nitrogens is 2. The molecule has 2 amide bonds. The van der Waals surface area contributed by atoms with Gasteiger partial charge in [-0.05, 0) is 38.2 Å². The number of piperazine rings is 1. The molecule has 2 heterocycles. The number of fused-ring (bicyclic) bond motifs is 1. The molecule has 0 unspecified atom stereocenters. The number of anilines is 1. The van der Waals surface area contributed by atoms with Crippen LogP contribution in [0.1, 0.15) is 6.42 Å². The van der Waals surface area contributed by atoms with Gasteiger partial charge >= 0.3 is 17.5 Å². The van der Waals surface area contributed by atoms with E-state index in [1.807, 2.05) is 0 Å². The van der Waals surface area contributed by atoms with Gasteiger partial charge in [-0.15, -0.1) is 0 Å². The van der Waals surface area contributed by atoms with Crippen LogP contribution in [0.4, 0.5) is 5.69 Å². The van der Waals surface area contributed by atoms with E-state index in [2.05, 4.69) is 27.5 Å².